The van der Waals surface area contributed by atoms with Gasteiger partial charge in [-0.2, -0.15) is 0 Å². The molecular formula is C11H15N3O4. The molecule has 7 heteroatoms. The van der Waals surface area contributed by atoms with Gasteiger partial charge in [0.1, 0.15) is 0 Å². The minimum Gasteiger partial charge on any atom is -0.477 e. The van der Waals surface area contributed by atoms with Crippen molar-refractivity contribution in [1.29, 1.82) is 0 Å². The summed E-state index contributed by atoms with van der Waals surface area (Å²) in [5.74, 6) is -1.70. The molecule has 2 heterocycles. The topological polar surface area (TPSA) is 104 Å². The molecule has 0 bridgehead atoms. The van der Waals surface area contributed by atoms with Crippen molar-refractivity contribution in [3.8, 4) is 0 Å². The molecule has 1 fully saturated rings. The number of aromatic nitrogens is 2. The summed E-state index contributed by atoms with van der Waals surface area (Å²) in [5, 5.41) is 11.7. The SMILES string of the molecule is CC1(NC(=O)c2nc[nH]c2C(=O)O)CCCOC1. The summed E-state index contributed by atoms with van der Waals surface area (Å²) < 4.78 is 5.32. The maximum atomic E-state index is 12.0. The molecule has 18 heavy (non-hydrogen) atoms. The number of carboxylic acids is 1. The van der Waals surface area contributed by atoms with Crippen molar-refractivity contribution in [2.75, 3.05) is 13.2 Å². The number of nitrogens with zero attached hydrogens (tertiary/aromatic N) is 1. The molecule has 1 aliphatic rings. The highest BCUT2D eigenvalue weighted by Crippen LogP contribution is 2.19. The Bertz CT molecular complexity index is 463. The highest BCUT2D eigenvalue weighted by atomic mass is 16.5. The molecular weight excluding hydrogens is 238 g/mol. The minimum atomic E-state index is -1.21. The lowest BCUT2D eigenvalue weighted by Gasteiger charge is -2.34. The molecule has 1 aromatic rings. The summed E-state index contributed by atoms with van der Waals surface area (Å²) in [4.78, 5) is 29.1. The number of ether oxygens (including phenoxy) is 1. The van der Waals surface area contributed by atoms with Crippen LogP contribution in [0.2, 0.25) is 0 Å². The summed E-state index contributed by atoms with van der Waals surface area (Å²) in [6, 6.07) is 0. The predicted octanol–water partition coefficient (Wildman–Crippen LogP) is 0.407. The zero-order valence-electron chi connectivity index (χ0n) is 10.0. The second kappa shape index (κ2) is 4.77. The number of amides is 1. The third kappa shape index (κ3) is 2.51. The van der Waals surface area contributed by atoms with E-state index < -0.39 is 17.4 Å². The number of hydrogen-bond donors (Lipinski definition) is 3. The largest absolute Gasteiger partial charge is 0.477 e. The Balaban J connectivity index is 2.11. The molecule has 0 aromatic carbocycles. The van der Waals surface area contributed by atoms with Gasteiger partial charge in [0.25, 0.3) is 5.91 Å². The van der Waals surface area contributed by atoms with E-state index in [1.807, 2.05) is 6.92 Å². The molecule has 7 nitrogen and oxygen atoms in total. The third-order valence-electron chi connectivity index (χ3n) is 2.92. The number of hydrogen-bond acceptors (Lipinski definition) is 4. The van der Waals surface area contributed by atoms with E-state index >= 15 is 0 Å². The molecule has 1 saturated heterocycles. The first-order valence-corrected chi connectivity index (χ1v) is 5.69. The van der Waals surface area contributed by atoms with Crippen molar-refractivity contribution in [2.45, 2.75) is 25.3 Å². The quantitative estimate of drug-likeness (QED) is 0.723. The molecule has 1 aromatic heterocycles. The Kier molecular flexibility index (Phi) is 3.33. The lowest BCUT2D eigenvalue weighted by atomic mass is 9.94. The van der Waals surface area contributed by atoms with E-state index in [0.29, 0.717) is 13.2 Å². The molecule has 0 spiro atoms. The molecule has 3 N–H and O–H groups in total. The lowest BCUT2D eigenvalue weighted by molar-refractivity contribution is 0.0270. The zero-order chi connectivity index (χ0) is 13.2. The lowest BCUT2D eigenvalue weighted by Crippen LogP contribution is -2.51. The summed E-state index contributed by atoms with van der Waals surface area (Å²) >= 11 is 0. The Morgan fingerprint density at radius 1 is 1.61 bits per heavy atom. The van der Waals surface area contributed by atoms with Crippen LogP contribution in [0.15, 0.2) is 6.33 Å². The first kappa shape index (κ1) is 12.6. The van der Waals surface area contributed by atoms with Gasteiger partial charge < -0.3 is 20.1 Å². The average molecular weight is 253 g/mol. The molecule has 1 unspecified atom stereocenters. The van der Waals surface area contributed by atoms with Crippen LogP contribution in [0.4, 0.5) is 0 Å². The van der Waals surface area contributed by atoms with Crippen LogP contribution in [-0.2, 0) is 4.74 Å². The molecule has 2 rings (SSSR count). The van der Waals surface area contributed by atoms with Gasteiger partial charge in [0.2, 0.25) is 0 Å². The van der Waals surface area contributed by atoms with E-state index in [4.69, 9.17) is 9.84 Å². The van der Waals surface area contributed by atoms with Crippen LogP contribution in [-0.4, -0.2) is 45.7 Å². The Hall–Kier alpha value is -1.89. The average Bonchev–Trinajstić information content (AvgIpc) is 2.78. The van der Waals surface area contributed by atoms with Crippen LogP contribution in [0.3, 0.4) is 0 Å². The first-order chi connectivity index (χ1) is 8.52. The number of H-pyrrole nitrogens is 1. The minimum absolute atomic E-state index is 0.103. The van der Waals surface area contributed by atoms with Gasteiger partial charge in [-0.1, -0.05) is 0 Å². The Morgan fingerprint density at radius 2 is 2.39 bits per heavy atom. The summed E-state index contributed by atoms with van der Waals surface area (Å²) in [7, 11) is 0. The molecule has 1 aliphatic heterocycles. The number of rotatable bonds is 3. The van der Waals surface area contributed by atoms with Crippen LogP contribution >= 0.6 is 0 Å². The number of imidazole rings is 1. The van der Waals surface area contributed by atoms with Crippen LogP contribution in [0.25, 0.3) is 0 Å². The van der Waals surface area contributed by atoms with Gasteiger partial charge in [0.15, 0.2) is 11.4 Å². The number of carboxylic acid groups (broad SMARTS) is 1. The van der Waals surface area contributed by atoms with E-state index in [2.05, 4.69) is 15.3 Å². The van der Waals surface area contributed by atoms with Crippen LogP contribution in [0.1, 0.15) is 40.7 Å². The number of aromatic carboxylic acids is 1. The first-order valence-electron chi connectivity index (χ1n) is 5.69. The fourth-order valence-electron chi connectivity index (χ4n) is 2.00. The fourth-order valence-corrected chi connectivity index (χ4v) is 2.00. The second-order valence-corrected chi connectivity index (χ2v) is 4.60. The third-order valence-corrected chi connectivity index (χ3v) is 2.92. The molecule has 1 atom stereocenters. The van der Waals surface area contributed by atoms with E-state index in [1.54, 1.807) is 0 Å². The highest BCUT2D eigenvalue weighted by Gasteiger charge is 2.31. The molecule has 0 aliphatic carbocycles. The van der Waals surface area contributed by atoms with E-state index in [1.165, 1.54) is 6.33 Å². The van der Waals surface area contributed by atoms with E-state index in [0.717, 1.165) is 12.8 Å². The molecule has 0 radical (unpaired) electrons. The second-order valence-electron chi connectivity index (χ2n) is 4.60. The predicted molar refractivity (Wildman–Crippen MR) is 61.5 cm³/mol. The molecule has 98 valence electrons. The van der Waals surface area contributed by atoms with E-state index in [9.17, 15) is 9.59 Å². The van der Waals surface area contributed by atoms with Crippen molar-refractivity contribution in [2.24, 2.45) is 0 Å². The van der Waals surface area contributed by atoms with Crippen LogP contribution in [0, 0.1) is 0 Å². The Morgan fingerprint density at radius 3 is 3.00 bits per heavy atom. The van der Waals surface area contributed by atoms with Gasteiger partial charge >= 0.3 is 5.97 Å². The van der Waals surface area contributed by atoms with Crippen molar-refractivity contribution in [1.82, 2.24) is 15.3 Å². The van der Waals surface area contributed by atoms with Crippen LogP contribution < -0.4 is 5.32 Å². The number of carbonyl (C=O) groups excluding carboxylic acids is 1. The Labute approximate surface area is 104 Å². The van der Waals surface area contributed by atoms with Crippen LogP contribution in [0.5, 0.6) is 0 Å². The van der Waals surface area contributed by atoms with Gasteiger partial charge in [-0.25, -0.2) is 9.78 Å². The van der Waals surface area contributed by atoms with Gasteiger partial charge in [-0.15, -0.1) is 0 Å². The standard InChI is InChI=1S/C11H15N3O4/c1-11(3-2-4-18-5-11)14-9(15)7-8(10(16)17)13-6-12-7/h6H,2-5H2,1H3,(H,12,13)(H,14,15)(H,16,17). The van der Waals surface area contributed by atoms with Gasteiger partial charge in [-0.05, 0) is 19.8 Å². The van der Waals surface area contributed by atoms with Crippen molar-refractivity contribution < 1.29 is 19.4 Å². The van der Waals surface area contributed by atoms with Gasteiger partial charge in [-0.3, -0.25) is 4.79 Å². The number of carbonyl (C=O) groups is 2. The van der Waals surface area contributed by atoms with Crippen molar-refractivity contribution in [3.05, 3.63) is 17.7 Å². The molecule has 0 saturated carbocycles. The maximum Gasteiger partial charge on any atom is 0.354 e. The van der Waals surface area contributed by atoms with Crippen molar-refractivity contribution in [3.63, 3.8) is 0 Å². The smallest absolute Gasteiger partial charge is 0.354 e. The van der Waals surface area contributed by atoms with Gasteiger partial charge in [0.05, 0.1) is 18.5 Å². The highest BCUT2D eigenvalue weighted by molar-refractivity contribution is 6.02. The zero-order valence-corrected chi connectivity index (χ0v) is 10.0. The normalized spacial score (nSPS) is 23.6. The molecule has 1 amide bonds. The monoisotopic (exact) mass is 253 g/mol. The van der Waals surface area contributed by atoms with Gasteiger partial charge in [0, 0.05) is 6.61 Å². The maximum absolute atomic E-state index is 12.0. The van der Waals surface area contributed by atoms with E-state index in [-0.39, 0.29) is 11.4 Å². The van der Waals surface area contributed by atoms with Crippen molar-refractivity contribution >= 4 is 11.9 Å². The fraction of sp³-hybridized carbons (Fsp3) is 0.545. The number of nitrogens with one attached hydrogen (secondary N) is 2. The summed E-state index contributed by atoms with van der Waals surface area (Å²) in [6.45, 7) is 2.98. The summed E-state index contributed by atoms with van der Waals surface area (Å²) in [6.07, 6.45) is 2.85. The summed E-state index contributed by atoms with van der Waals surface area (Å²) in [5.41, 5.74) is -0.772. The number of aromatic amines is 1.